The van der Waals surface area contributed by atoms with Crippen molar-refractivity contribution in [1.29, 1.82) is 0 Å². The molecule has 0 fully saturated rings. The molecule has 0 bridgehead atoms. The average Bonchev–Trinajstić information content (AvgIpc) is 2.33. The lowest BCUT2D eigenvalue weighted by Crippen LogP contribution is -2.32. The number of rotatable bonds is 2. The van der Waals surface area contributed by atoms with Crippen LogP contribution in [0.15, 0.2) is 12.4 Å². The third-order valence-electron chi connectivity index (χ3n) is 1.50. The van der Waals surface area contributed by atoms with E-state index in [4.69, 9.17) is 5.11 Å². The van der Waals surface area contributed by atoms with E-state index < -0.39 is 18.8 Å². The van der Waals surface area contributed by atoms with Crippen molar-refractivity contribution in [2.24, 2.45) is 0 Å². The quantitative estimate of drug-likeness (QED) is 0.765. The second-order valence-electron chi connectivity index (χ2n) is 2.80. The van der Waals surface area contributed by atoms with E-state index >= 15 is 0 Å². The van der Waals surface area contributed by atoms with Gasteiger partial charge in [0.05, 0.1) is 12.7 Å². The molecule has 0 spiro atoms. The van der Waals surface area contributed by atoms with Crippen molar-refractivity contribution in [3.05, 3.63) is 18.0 Å². The molecule has 0 aliphatic heterocycles. The van der Waals surface area contributed by atoms with Crippen LogP contribution < -0.4 is 0 Å². The van der Waals surface area contributed by atoms with Crippen LogP contribution in [0, 0.1) is 6.92 Å². The fraction of sp³-hybridized carbons (Fsp3) is 0.571. The van der Waals surface area contributed by atoms with Crippen molar-refractivity contribution in [2.45, 2.75) is 25.7 Å². The molecule has 6 heteroatoms. The van der Waals surface area contributed by atoms with Crippen LogP contribution in [-0.4, -0.2) is 27.2 Å². The molecule has 1 aromatic heterocycles. The van der Waals surface area contributed by atoms with Crippen molar-refractivity contribution in [3.8, 4) is 0 Å². The highest BCUT2D eigenvalue weighted by Gasteiger charge is 2.38. The minimum atomic E-state index is -4.58. The first-order valence-electron chi connectivity index (χ1n) is 3.63. The number of aliphatic hydroxyl groups is 1. The normalized spacial score (nSPS) is 14.5. The summed E-state index contributed by atoms with van der Waals surface area (Å²) in [5, 5.41) is 12.3. The molecule has 1 atom stereocenters. The largest absolute Gasteiger partial charge is 0.416 e. The summed E-state index contributed by atoms with van der Waals surface area (Å²) in [5.41, 5.74) is 0.759. The van der Waals surface area contributed by atoms with Crippen LogP contribution in [0.2, 0.25) is 0 Å². The van der Waals surface area contributed by atoms with Crippen molar-refractivity contribution < 1.29 is 18.3 Å². The SMILES string of the molecule is Cc1cnn(CC(O)C(F)(F)F)c1. The summed E-state index contributed by atoms with van der Waals surface area (Å²) >= 11 is 0. The van der Waals surface area contributed by atoms with Gasteiger partial charge in [0.1, 0.15) is 0 Å². The van der Waals surface area contributed by atoms with Gasteiger partial charge in [-0.3, -0.25) is 4.68 Å². The zero-order valence-corrected chi connectivity index (χ0v) is 6.91. The number of hydrogen-bond donors (Lipinski definition) is 1. The smallest absolute Gasteiger partial charge is 0.382 e. The lowest BCUT2D eigenvalue weighted by Gasteiger charge is -2.13. The zero-order valence-electron chi connectivity index (χ0n) is 6.91. The molecule has 74 valence electrons. The molecule has 0 aromatic carbocycles. The Morgan fingerprint density at radius 1 is 1.62 bits per heavy atom. The van der Waals surface area contributed by atoms with Gasteiger partial charge in [0.2, 0.25) is 0 Å². The highest BCUT2D eigenvalue weighted by atomic mass is 19.4. The molecule has 0 aliphatic carbocycles. The van der Waals surface area contributed by atoms with Gasteiger partial charge in [0.25, 0.3) is 0 Å². The monoisotopic (exact) mass is 194 g/mol. The van der Waals surface area contributed by atoms with Gasteiger partial charge in [0.15, 0.2) is 6.10 Å². The first-order chi connectivity index (χ1) is 5.89. The van der Waals surface area contributed by atoms with Crippen molar-refractivity contribution in [2.75, 3.05) is 0 Å². The molecule has 3 nitrogen and oxygen atoms in total. The molecule has 1 heterocycles. The molecule has 0 saturated carbocycles. The molecule has 0 amide bonds. The lowest BCUT2D eigenvalue weighted by atomic mass is 10.3. The van der Waals surface area contributed by atoms with E-state index in [-0.39, 0.29) is 0 Å². The molecule has 1 N–H and O–H groups in total. The van der Waals surface area contributed by atoms with Gasteiger partial charge >= 0.3 is 6.18 Å². The van der Waals surface area contributed by atoms with Gasteiger partial charge < -0.3 is 5.11 Å². The maximum Gasteiger partial charge on any atom is 0.416 e. The second-order valence-corrected chi connectivity index (χ2v) is 2.80. The summed E-state index contributed by atoms with van der Waals surface area (Å²) in [5.74, 6) is 0. The molecule has 0 saturated heterocycles. The zero-order chi connectivity index (χ0) is 10.1. The number of aryl methyl sites for hydroxylation is 1. The lowest BCUT2D eigenvalue weighted by molar-refractivity contribution is -0.208. The Balaban J connectivity index is 2.60. The van der Waals surface area contributed by atoms with E-state index in [0.717, 1.165) is 10.2 Å². The van der Waals surface area contributed by atoms with Gasteiger partial charge in [-0.2, -0.15) is 18.3 Å². The van der Waals surface area contributed by atoms with Gasteiger partial charge in [0, 0.05) is 6.20 Å². The summed E-state index contributed by atoms with van der Waals surface area (Å²) in [7, 11) is 0. The highest BCUT2D eigenvalue weighted by molar-refractivity contribution is 4.99. The van der Waals surface area contributed by atoms with Gasteiger partial charge in [-0.1, -0.05) is 0 Å². The fourth-order valence-corrected chi connectivity index (χ4v) is 0.847. The van der Waals surface area contributed by atoms with E-state index in [1.165, 1.54) is 12.4 Å². The van der Waals surface area contributed by atoms with E-state index in [9.17, 15) is 13.2 Å². The first kappa shape index (κ1) is 10.0. The van der Waals surface area contributed by atoms with Gasteiger partial charge in [-0.25, -0.2) is 0 Å². The Bertz CT molecular complexity index is 282. The van der Waals surface area contributed by atoms with Crippen LogP contribution in [0.5, 0.6) is 0 Å². The molecule has 1 aromatic rings. The maximum absolute atomic E-state index is 11.9. The van der Waals surface area contributed by atoms with E-state index in [2.05, 4.69) is 5.10 Å². The van der Waals surface area contributed by atoms with Crippen molar-refractivity contribution >= 4 is 0 Å². The third kappa shape index (κ3) is 2.73. The van der Waals surface area contributed by atoms with Crippen LogP contribution in [0.1, 0.15) is 5.56 Å². The molecule has 13 heavy (non-hydrogen) atoms. The molecular formula is C7H9F3N2O. The topological polar surface area (TPSA) is 38.0 Å². The number of aromatic nitrogens is 2. The minimum absolute atomic E-state index is 0.558. The third-order valence-corrected chi connectivity index (χ3v) is 1.50. The predicted molar refractivity (Wildman–Crippen MR) is 39.0 cm³/mol. The fourth-order valence-electron chi connectivity index (χ4n) is 0.847. The van der Waals surface area contributed by atoms with E-state index in [1.807, 2.05) is 0 Å². The van der Waals surface area contributed by atoms with E-state index in [0.29, 0.717) is 0 Å². The van der Waals surface area contributed by atoms with Crippen LogP contribution in [0.3, 0.4) is 0 Å². The van der Waals surface area contributed by atoms with Crippen molar-refractivity contribution in [3.63, 3.8) is 0 Å². The standard InChI is InChI=1S/C7H9F3N2O/c1-5-2-11-12(3-5)4-6(13)7(8,9)10/h2-3,6,13H,4H2,1H3. The molecule has 1 unspecified atom stereocenters. The van der Waals surface area contributed by atoms with Gasteiger partial charge in [-0.05, 0) is 12.5 Å². The molecule has 1 rings (SSSR count). The summed E-state index contributed by atoms with van der Waals surface area (Å²) < 4.78 is 36.6. The molecule has 0 radical (unpaired) electrons. The summed E-state index contributed by atoms with van der Waals surface area (Å²) in [6.07, 6.45) is -4.07. The molecular weight excluding hydrogens is 185 g/mol. The van der Waals surface area contributed by atoms with Gasteiger partial charge in [-0.15, -0.1) is 0 Å². The van der Waals surface area contributed by atoms with Crippen molar-refractivity contribution in [1.82, 2.24) is 9.78 Å². The summed E-state index contributed by atoms with van der Waals surface area (Å²) in [6, 6.07) is 0. The summed E-state index contributed by atoms with van der Waals surface area (Å²) in [6.45, 7) is 1.15. The first-order valence-corrected chi connectivity index (χ1v) is 3.63. The Morgan fingerprint density at radius 2 is 2.23 bits per heavy atom. The Hall–Kier alpha value is -1.04. The van der Waals surface area contributed by atoms with Crippen LogP contribution in [-0.2, 0) is 6.54 Å². The Morgan fingerprint density at radius 3 is 2.62 bits per heavy atom. The number of nitrogens with zero attached hydrogens (tertiary/aromatic N) is 2. The van der Waals surface area contributed by atoms with Crippen LogP contribution in [0.4, 0.5) is 13.2 Å². The predicted octanol–water partition coefficient (Wildman–Crippen LogP) is 1.11. The number of aliphatic hydroxyl groups excluding tert-OH is 1. The highest BCUT2D eigenvalue weighted by Crippen LogP contribution is 2.20. The van der Waals surface area contributed by atoms with E-state index in [1.54, 1.807) is 6.92 Å². The second kappa shape index (κ2) is 3.37. The van der Waals surface area contributed by atoms with Crippen LogP contribution in [0.25, 0.3) is 0 Å². The maximum atomic E-state index is 11.9. The van der Waals surface area contributed by atoms with Crippen LogP contribution >= 0.6 is 0 Å². The number of halogens is 3. The summed E-state index contributed by atoms with van der Waals surface area (Å²) in [4.78, 5) is 0. The average molecular weight is 194 g/mol. The minimum Gasteiger partial charge on any atom is -0.382 e. The molecule has 0 aliphatic rings. The number of hydrogen-bond acceptors (Lipinski definition) is 2. The Labute approximate surface area is 72.8 Å². The number of alkyl halides is 3. The Kier molecular flexibility index (Phi) is 2.60.